The summed E-state index contributed by atoms with van der Waals surface area (Å²) in [6.45, 7) is 2.10. The zero-order valence-electron chi connectivity index (χ0n) is 9.80. The number of imidazole rings is 1. The Labute approximate surface area is 104 Å². The Morgan fingerprint density at radius 3 is 3.06 bits per heavy atom. The topological polar surface area (TPSA) is 68.2 Å². The van der Waals surface area contributed by atoms with Gasteiger partial charge in [-0.3, -0.25) is 15.4 Å². The van der Waals surface area contributed by atoms with Gasteiger partial charge in [0.05, 0.1) is 18.0 Å². The van der Waals surface area contributed by atoms with E-state index in [1.165, 1.54) is 0 Å². The number of esters is 1. The van der Waals surface area contributed by atoms with Gasteiger partial charge in [-0.1, -0.05) is 12.1 Å². The van der Waals surface area contributed by atoms with E-state index in [2.05, 4.69) is 15.8 Å². The van der Waals surface area contributed by atoms with Gasteiger partial charge < -0.3 is 4.74 Å². The third-order valence-corrected chi connectivity index (χ3v) is 2.66. The molecule has 0 spiro atoms. The molecule has 3 rings (SSSR count). The molecule has 0 aliphatic carbocycles. The van der Waals surface area contributed by atoms with Crippen molar-refractivity contribution in [1.29, 1.82) is 0 Å². The predicted molar refractivity (Wildman–Crippen MR) is 66.8 cm³/mol. The minimum atomic E-state index is -0.418. The van der Waals surface area contributed by atoms with Crippen molar-refractivity contribution in [1.82, 2.24) is 9.55 Å². The van der Waals surface area contributed by atoms with E-state index in [-0.39, 0.29) is 5.69 Å². The summed E-state index contributed by atoms with van der Waals surface area (Å²) in [6.07, 6.45) is 1.67. The second-order valence-electron chi connectivity index (χ2n) is 3.81. The minimum Gasteiger partial charge on any atom is -0.461 e. The van der Waals surface area contributed by atoms with Gasteiger partial charge in [-0.05, 0) is 19.1 Å². The lowest BCUT2D eigenvalue weighted by molar-refractivity contribution is 0.0520. The first-order valence-corrected chi connectivity index (χ1v) is 5.67. The van der Waals surface area contributed by atoms with Gasteiger partial charge in [-0.2, -0.15) is 0 Å². The molecule has 2 aromatic rings. The van der Waals surface area contributed by atoms with Gasteiger partial charge in [0.15, 0.2) is 5.69 Å². The highest BCUT2D eigenvalue weighted by Gasteiger charge is 2.20. The minimum absolute atomic E-state index is 0.290. The molecule has 0 amide bonds. The number of para-hydroxylation sites is 2. The number of anilines is 2. The number of benzene rings is 1. The van der Waals surface area contributed by atoms with Crippen molar-refractivity contribution in [3.05, 3.63) is 36.2 Å². The highest BCUT2D eigenvalue weighted by atomic mass is 16.5. The predicted octanol–water partition coefficient (Wildman–Crippen LogP) is 1.80. The van der Waals surface area contributed by atoms with Crippen LogP contribution in [0.25, 0.3) is 5.69 Å². The van der Waals surface area contributed by atoms with Gasteiger partial charge in [0.1, 0.15) is 0 Å². The molecule has 2 N–H and O–H groups in total. The molecule has 0 unspecified atom stereocenters. The number of hydrazine groups is 1. The van der Waals surface area contributed by atoms with Crippen LogP contribution < -0.4 is 10.9 Å². The Bertz CT molecular complexity index is 606. The fourth-order valence-electron chi connectivity index (χ4n) is 1.87. The molecular formula is C12H12N4O2. The first kappa shape index (κ1) is 10.6. The van der Waals surface area contributed by atoms with E-state index in [4.69, 9.17) is 4.74 Å². The lowest BCUT2D eigenvalue weighted by Crippen LogP contribution is -2.19. The molecule has 1 aliphatic heterocycles. The van der Waals surface area contributed by atoms with Gasteiger partial charge >= 0.3 is 5.97 Å². The van der Waals surface area contributed by atoms with Crippen molar-refractivity contribution < 1.29 is 9.53 Å². The molecule has 0 atom stereocenters. The van der Waals surface area contributed by atoms with Crippen LogP contribution >= 0.6 is 0 Å². The van der Waals surface area contributed by atoms with Crippen LogP contribution in [0.1, 0.15) is 17.4 Å². The Hall–Kier alpha value is -2.50. The zero-order valence-corrected chi connectivity index (χ0v) is 9.80. The fourth-order valence-corrected chi connectivity index (χ4v) is 1.87. The molecule has 0 fully saturated rings. The van der Waals surface area contributed by atoms with E-state index < -0.39 is 5.97 Å². The number of rotatable bonds is 2. The molecule has 1 aromatic heterocycles. The average Bonchev–Trinajstić information content (AvgIpc) is 2.83. The summed E-state index contributed by atoms with van der Waals surface area (Å²) in [5, 5.41) is 0. The van der Waals surface area contributed by atoms with Crippen LogP contribution in [0.5, 0.6) is 0 Å². The van der Waals surface area contributed by atoms with Gasteiger partial charge in [0.25, 0.3) is 0 Å². The van der Waals surface area contributed by atoms with E-state index in [9.17, 15) is 4.79 Å². The van der Waals surface area contributed by atoms with Crippen LogP contribution in [-0.4, -0.2) is 22.1 Å². The molecular weight excluding hydrogens is 232 g/mol. The molecule has 18 heavy (non-hydrogen) atoms. The lowest BCUT2D eigenvalue weighted by atomic mass is 10.2. The molecule has 1 aromatic carbocycles. The number of nitrogens with one attached hydrogen (secondary N) is 2. The fraction of sp³-hybridized carbons (Fsp3) is 0.167. The number of ether oxygens (including phenoxy) is 1. The Morgan fingerprint density at radius 2 is 2.22 bits per heavy atom. The molecule has 2 heterocycles. The normalized spacial score (nSPS) is 11.8. The summed E-state index contributed by atoms with van der Waals surface area (Å²) in [5.74, 6) is 0.149. The largest absolute Gasteiger partial charge is 0.461 e. The molecule has 6 heteroatoms. The van der Waals surface area contributed by atoms with Crippen LogP contribution in [0.4, 0.5) is 11.6 Å². The maximum absolute atomic E-state index is 11.6. The first-order chi connectivity index (χ1) is 8.79. The van der Waals surface area contributed by atoms with Gasteiger partial charge in [0.2, 0.25) is 5.95 Å². The summed E-state index contributed by atoms with van der Waals surface area (Å²) >= 11 is 0. The smallest absolute Gasteiger partial charge is 0.358 e. The Balaban J connectivity index is 2.04. The standard InChI is InChI=1S/C12H12N4O2/c1-2-18-11(17)9-7-16-10-6-4-3-5-8(10)14-15-12(16)13-9/h3-7,14H,2H2,1H3,(H,13,15). The monoisotopic (exact) mass is 244 g/mol. The third kappa shape index (κ3) is 1.58. The molecule has 1 aliphatic rings. The first-order valence-electron chi connectivity index (χ1n) is 5.67. The number of carbonyl (C=O) groups is 1. The van der Waals surface area contributed by atoms with E-state index in [0.29, 0.717) is 12.6 Å². The Morgan fingerprint density at radius 1 is 1.39 bits per heavy atom. The molecule has 6 nitrogen and oxygen atoms in total. The van der Waals surface area contributed by atoms with Crippen molar-refractivity contribution >= 4 is 17.6 Å². The molecule has 92 valence electrons. The second-order valence-corrected chi connectivity index (χ2v) is 3.81. The van der Waals surface area contributed by atoms with Crippen molar-refractivity contribution in [2.75, 3.05) is 17.5 Å². The van der Waals surface area contributed by atoms with Gasteiger partial charge in [0, 0.05) is 6.20 Å². The van der Waals surface area contributed by atoms with E-state index in [0.717, 1.165) is 11.4 Å². The number of aromatic nitrogens is 2. The number of carbonyl (C=O) groups excluding carboxylic acids is 1. The summed E-state index contributed by atoms with van der Waals surface area (Å²) in [4.78, 5) is 15.8. The second kappa shape index (κ2) is 4.06. The zero-order chi connectivity index (χ0) is 12.5. The van der Waals surface area contributed by atoms with E-state index in [1.54, 1.807) is 13.1 Å². The quantitative estimate of drug-likeness (QED) is 0.788. The van der Waals surface area contributed by atoms with Crippen LogP contribution in [0.2, 0.25) is 0 Å². The summed E-state index contributed by atoms with van der Waals surface area (Å²) in [5.41, 5.74) is 8.11. The molecule has 0 saturated carbocycles. The maximum atomic E-state index is 11.6. The summed E-state index contributed by atoms with van der Waals surface area (Å²) in [7, 11) is 0. The maximum Gasteiger partial charge on any atom is 0.358 e. The lowest BCUT2D eigenvalue weighted by Gasteiger charge is -2.20. The number of hydrogen-bond donors (Lipinski definition) is 2. The van der Waals surface area contributed by atoms with E-state index >= 15 is 0 Å². The Kier molecular flexibility index (Phi) is 2.40. The average molecular weight is 244 g/mol. The van der Waals surface area contributed by atoms with Gasteiger partial charge in [-0.15, -0.1) is 0 Å². The van der Waals surface area contributed by atoms with Crippen molar-refractivity contribution in [3.8, 4) is 5.69 Å². The molecule has 0 bridgehead atoms. The highest BCUT2D eigenvalue weighted by molar-refractivity contribution is 5.88. The SMILES string of the molecule is CCOC(=O)c1cn2c(n1)NNc1ccccc1-2. The third-order valence-electron chi connectivity index (χ3n) is 2.66. The van der Waals surface area contributed by atoms with E-state index in [1.807, 2.05) is 28.8 Å². The molecule has 0 saturated heterocycles. The number of fused-ring (bicyclic) bond motifs is 3. The van der Waals surface area contributed by atoms with Crippen molar-refractivity contribution in [2.45, 2.75) is 6.92 Å². The van der Waals surface area contributed by atoms with Gasteiger partial charge in [-0.25, -0.2) is 9.78 Å². The number of hydrogen-bond acceptors (Lipinski definition) is 5. The van der Waals surface area contributed by atoms with Crippen molar-refractivity contribution in [3.63, 3.8) is 0 Å². The van der Waals surface area contributed by atoms with Crippen LogP contribution in [0.3, 0.4) is 0 Å². The summed E-state index contributed by atoms with van der Waals surface area (Å²) in [6, 6.07) is 7.75. The number of nitrogens with zero attached hydrogens (tertiary/aromatic N) is 2. The highest BCUT2D eigenvalue weighted by Crippen LogP contribution is 2.28. The van der Waals surface area contributed by atoms with Crippen LogP contribution in [0.15, 0.2) is 30.5 Å². The summed E-state index contributed by atoms with van der Waals surface area (Å²) < 4.78 is 6.75. The van der Waals surface area contributed by atoms with Crippen molar-refractivity contribution in [2.24, 2.45) is 0 Å². The van der Waals surface area contributed by atoms with Crippen LogP contribution in [-0.2, 0) is 4.74 Å². The molecule has 0 radical (unpaired) electrons. The van der Waals surface area contributed by atoms with Crippen LogP contribution in [0, 0.1) is 0 Å².